The van der Waals surface area contributed by atoms with Gasteiger partial charge >= 0.3 is 0 Å². The summed E-state index contributed by atoms with van der Waals surface area (Å²) in [5, 5.41) is 6.45. The van der Waals surface area contributed by atoms with E-state index in [1.54, 1.807) is 22.2 Å². The topological polar surface area (TPSA) is 54.3 Å². The number of carbonyl (C=O) groups is 1. The van der Waals surface area contributed by atoms with Crippen molar-refractivity contribution in [2.75, 3.05) is 31.1 Å². The minimum Gasteiger partial charge on any atom is -0.353 e. The quantitative estimate of drug-likeness (QED) is 0.726. The predicted molar refractivity (Wildman–Crippen MR) is 98.9 cm³/mol. The number of nitrogens with zero attached hydrogens (tertiary/aromatic N) is 5. The molecule has 0 N–H and O–H groups in total. The van der Waals surface area contributed by atoms with Gasteiger partial charge in [-0.1, -0.05) is 12.1 Å². The van der Waals surface area contributed by atoms with Crippen LogP contribution >= 0.6 is 11.3 Å². The van der Waals surface area contributed by atoms with Crippen LogP contribution in [-0.4, -0.2) is 51.8 Å². The van der Waals surface area contributed by atoms with E-state index < -0.39 is 0 Å². The van der Waals surface area contributed by atoms with Gasteiger partial charge in [0, 0.05) is 39.4 Å². The minimum atomic E-state index is -0.000855. The van der Waals surface area contributed by atoms with Gasteiger partial charge in [-0.3, -0.25) is 9.48 Å². The van der Waals surface area contributed by atoms with Crippen LogP contribution < -0.4 is 4.90 Å². The molecule has 7 heteroatoms. The number of piperazine rings is 1. The SMILES string of the molecule is Cn1nc(C(=O)N2CCN(c3ccccn3)CC2)cc1-c1cccs1. The van der Waals surface area contributed by atoms with Crippen LogP contribution in [0.4, 0.5) is 5.82 Å². The van der Waals surface area contributed by atoms with Crippen molar-refractivity contribution in [3.05, 3.63) is 53.7 Å². The molecule has 3 aromatic rings. The normalized spacial score (nSPS) is 14.8. The lowest BCUT2D eigenvalue weighted by Crippen LogP contribution is -2.49. The summed E-state index contributed by atoms with van der Waals surface area (Å²) in [4.78, 5) is 22.4. The molecule has 0 aliphatic carbocycles. The van der Waals surface area contributed by atoms with E-state index >= 15 is 0 Å². The number of thiophene rings is 1. The number of carbonyl (C=O) groups excluding carboxylic acids is 1. The molecule has 6 nitrogen and oxygen atoms in total. The number of aromatic nitrogens is 3. The summed E-state index contributed by atoms with van der Waals surface area (Å²) in [6, 6.07) is 11.8. The summed E-state index contributed by atoms with van der Waals surface area (Å²) < 4.78 is 1.78. The van der Waals surface area contributed by atoms with Crippen LogP contribution in [0.15, 0.2) is 48.0 Å². The van der Waals surface area contributed by atoms with Gasteiger partial charge in [-0.05, 0) is 29.6 Å². The van der Waals surface area contributed by atoms with Gasteiger partial charge in [0.2, 0.25) is 0 Å². The third kappa shape index (κ3) is 3.15. The van der Waals surface area contributed by atoms with Crippen molar-refractivity contribution in [3.63, 3.8) is 0 Å². The number of anilines is 1. The standard InChI is InChI=1S/C18H19N5OS/c1-21-15(16-5-4-12-25-16)13-14(20-21)18(24)23-10-8-22(9-11-23)17-6-2-3-7-19-17/h2-7,12-13H,8-11H2,1H3. The Labute approximate surface area is 150 Å². The molecule has 0 atom stereocenters. The highest BCUT2D eigenvalue weighted by molar-refractivity contribution is 7.13. The Bertz CT molecular complexity index is 851. The van der Waals surface area contributed by atoms with Crippen molar-refractivity contribution in [1.82, 2.24) is 19.7 Å². The van der Waals surface area contributed by atoms with Crippen molar-refractivity contribution in [2.45, 2.75) is 0 Å². The third-order valence-corrected chi connectivity index (χ3v) is 5.31. The number of rotatable bonds is 3. The van der Waals surface area contributed by atoms with Gasteiger partial charge in [0.15, 0.2) is 5.69 Å². The maximum absolute atomic E-state index is 12.8. The average Bonchev–Trinajstić information content (AvgIpc) is 3.31. The smallest absolute Gasteiger partial charge is 0.274 e. The molecule has 1 aliphatic heterocycles. The minimum absolute atomic E-state index is 0.000855. The predicted octanol–water partition coefficient (Wildman–Crippen LogP) is 2.51. The zero-order valence-corrected chi connectivity index (χ0v) is 14.8. The molecular weight excluding hydrogens is 334 g/mol. The Morgan fingerprint density at radius 3 is 2.64 bits per heavy atom. The van der Waals surface area contributed by atoms with Crippen molar-refractivity contribution in [2.24, 2.45) is 7.05 Å². The maximum Gasteiger partial charge on any atom is 0.274 e. The lowest BCUT2D eigenvalue weighted by Gasteiger charge is -2.35. The van der Waals surface area contributed by atoms with E-state index in [4.69, 9.17) is 0 Å². The van der Waals surface area contributed by atoms with Crippen LogP contribution in [-0.2, 0) is 7.05 Å². The lowest BCUT2D eigenvalue weighted by molar-refractivity contribution is 0.0740. The molecular formula is C18H19N5OS. The van der Waals surface area contributed by atoms with Crippen molar-refractivity contribution >= 4 is 23.1 Å². The Balaban J connectivity index is 1.45. The van der Waals surface area contributed by atoms with Crippen LogP contribution in [0.25, 0.3) is 10.6 Å². The van der Waals surface area contributed by atoms with E-state index in [0.29, 0.717) is 18.8 Å². The van der Waals surface area contributed by atoms with Gasteiger partial charge in [0.25, 0.3) is 5.91 Å². The molecule has 4 heterocycles. The Kier molecular flexibility index (Phi) is 4.23. The van der Waals surface area contributed by atoms with Gasteiger partial charge in [-0.15, -0.1) is 11.3 Å². The zero-order valence-electron chi connectivity index (χ0n) is 14.0. The fourth-order valence-electron chi connectivity index (χ4n) is 3.07. The summed E-state index contributed by atoms with van der Waals surface area (Å²) >= 11 is 1.65. The first-order valence-corrected chi connectivity index (χ1v) is 9.13. The average molecular weight is 353 g/mol. The monoisotopic (exact) mass is 353 g/mol. The number of hydrogen-bond acceptors (Lipinski definition) is 5. The lowest BCUT2D eigenvalue weighted by atomic mass is 10.2. The first kappa shape index (κ1) is 15.8. The van der Waals surface area contributed by atoms with E-state index in [1.807, 2.05) is 53.7 Å². The summed E-state index contributed by atoms with van der Waals surface area (Å²) in [6.45, 7) is 2.93. The second kappa shape index (κ2) is 6.68. The summed E-state index contributed by atoms with van der Waals surface area (Å²) in [5.74, 6) is 0.964. The van der Waals surface area contributed by atoms with E-state index in [2.05, 4.69) is 15.0 Å². The van der Waals surface area contributed by atoms with E-state index in [0.717, 1.165) is 29.5 Å². The molecule has 1 fully saturated rings. The molecule has 3 aromatic heterocycles. The summed E-state index contributed by atoms with van der Waals surface area (Å²) in [7, 11) is 1.88. The largest absolute Gasteiger partial charge is 0.353 e. The zero-order chi connectivity index (χ0) is 17.2. The van der Waals surface area contributed by atoms with Crippen LogP contribution in [0.1, 0.15) is 10.5 Å². The van der Waals surface area contributed by atoms with Crippen LogP contribution in [0, 0.1) is 0 Å². The fraction of sp³-hybridized carbons (Fsp3) is 0.278. The fourth-order valence-corrected chi connectivity index (χ4v) is 3.84. The molecule has 0 saturated carbocycles. The van der Waals surface area contributed by atoms with Crippen molar-refractivity contribution < 1.29 is 4.79 Å². The number of aryl methyl sites for hydroxylation is 1. The highest BCUT2D eigenvalue weighted by Gasteiger charge is 2.25. The number of pyridine rings is 1. The van der Waals surface area contributed by atoms with Crippen molar-refractivity contribution in [3.8, 4) is 10.6 Å². The number of amides is 1. The van der Waals surface area contributed by atoms with Gasteiger partial charge in [0.1, 0.15) is 5.82 Å². The van der Waals surface area contributed by atoms with Gasteiger partial charge in [-0.2, -0.15) is 5.10 Å². The second-order valence-electron chi connectivity index (χ2n) is 5.98. The second-order valence-corrected chi connectivity index (χ2v) is 6.93. The first-order chi connectivity index (χ1) is 12.2. The highest BCUT2D eigenvalue weighted by atomic mass is 32.1. The van der Waals surface area contributed by atoms with E-state index in [1.165, 1.54) is 0 Å². The Morgan fingerprint density at radius 1 is 1.12 bits per heavy atom. The molecule has 0 unspecified atom stereocenters. The van der Waals surface area contributed by atoms with Gasteiger partial charge in [0.05, 0.1) is 10.6 Å². The molecule has 128 valence electrons. The van der Waals surface area contributed by atoms with E-state index in [-0.39, 0.29) is 5.91 Å². The molecule has 0 bridgehead atoms. The molecule has 1 aliphatic rings. The van der Waals surface area contributed by atoms with Crippen LogP contribution in [0.3, 0.4) is 0 Å². The van der Waals surface area contributed by atoms with Gasteiger partial charge in [-0.25, -0.2) is 4.98 Å². The third-order valence-electron chi connectivity index (χ3n) is 4.41. The molecule has 4 rings (SSSR count). The molecule has 25 heavy (non-hydrogen) atoms. The maximum atomic E-state index is 12.8. The number of hydrogen-bond donors (Lipinski definition) is 0. The molecule has 1 amide bonds. The van der Waals surface area contributed by atoms with Gasteiger partial charge < -0.3 is 9.80 Å². The summed E-state index contributed by atoms with van der Waals surface area (Å²) in [6.07, 6.45) is 1.80. The molecule has 0 spiro atoms. The molecule has 0 aromatic carbocycles. The molecule has 1 saturated heterocycles. The Hall–Kier alpha value is -2.67. The molecule has 0 radical (unpaired) electrons. The van der Waals surface area contributed by atoms with Crippen LogP contribution in [0.2, 0.25) is 0 Å². The van der Waals surface area contributed by atoms with Crippen LogP contribution in [0.5, 0.6) is 0 Å². The van der Waals surface area contributed by atoms with E-state index in [9.17, 15) is 4.79 Å². The van der Waals surface area contributed by atoms with Crippen molar-refractivity contribution in [1.29, 1.82) is 0 Å². The highest BCUT2D eigenvalue weighted by Crippen LogP contribution is 2.25. The first-order valence-electron chi connectivity index (χ1n) is 8.25. The summed E-state index contributed by atoms with van der Waals surface area (Å²) in [5.41, 5.74) is 1.49. The Morgan fingerprint density at radius 2 is 1.96 bits per heavy atom.